The molecule has 1 heterocycles. The van der Waals surface area contributed by atoms with E-state index in [9.17, 15) is 0 Å². The van der Waals surface area contributed by atoms with Gasteiger partial charge in [0, 0.05) is 11.9 Å². The van der Waals surface area contributed by atoms with Gasteiger partial charge in [0.25, 0.3) is 0 Å². The van der Waals surface area contributed by atoms with E-state index < -0.39 is 0 Å². The van der Waals surface area contributed by atoms with E-state index in [2.05, 4.69) is 20.6 Å². The lowest BCUT2D eigenvalue weighted by molar-refractivity contribution is 0.415. The second kappa shape index (κ2) is 7.06. The SMILES string of the molecule is COc1ccc(Nc2ccnc(Nc3ccccc3N)n2)cc1Cl. The van der Waals surface area contributed by atoms with Crippen LogP contribution in [0, 0.1) is 0 Å². The first-order valence-corrected chi connectivity index (χ1v) is 7.58. The third kappa shape index (κ3) is 3.67. The van der Waals surface area contributed by atoms with Gasteiger partial charge in [-0.05, 0) is 36.4 Å². The molecule has 0 unspecified atom stereocenters. The van der Waals surface area contributed by atoms with E-state index in [0.29, 0.717) is 28.2 Å². The van der Waals surface area contributed by atoms with E-state index >= 15 is 0 Å². The molecule has 2 aromatic carbocycles. The van der Waals surface area contributed by atoms with Gasteiger partial charge in [-0.15, -0.1) is 0 Å². The highest BCUT2D eigenvalue weighted by atomic mass is 35.5. The van der Waals surface area contributed by atoms with Crippen LogP contribution in [-0.4, -0.2) is 17.1 Å². The highest BCUT2D eigenvalue weighted by Gasteiger charge is 2.05. The molecular formula is C17H16ClN5O. The molecule has 0 aliphatic rings. The molecule has 0 fully saturated rings. The number of anilines is 5. The minimum atomic E-state index is 0.442. The molecule has 122 valence electrons. The number of nitrogens with one attached hydrogen (secondary N) is 2. The topological polar surface area (TPSA) is 85.1 Å². The van der Waals surface area contributed by atoms with E-state index in [1.165, 1.54) is 0 Å². The zero-order valence-electron chi connectivity index (χ0n) is 13.0. The molecular weight excluding hydrogens is 326 g/mol. The van der Waals surface area contributed by atoms with Crippen LogP contribution >= 0.6 is 11.6 Å². The van der Waals surface area contributed by atoms with Gasteiger partial charge in [0.2, 0.25) is 5.95 Å². The van der Waals surface area contributed by atoms with Crippen LogP contribution in [0.3, 0.4) is 0 Å². The molecule has 4 N–H and O–H groups in total. The van der Waals surface area contributed by atoms with Crippen LogP contribution in [0.1, 0.15) is 0 Å². The Labute approximate surface area is 144 Å². The second-order valence-electron chi connectivity index (χ2n) is 4.95. The molecule has 24 heavy (non-hydrogen) atoms. The highest BCUT2D eigenvalue weighted by molar-refractivity contribution is 6.32. The van der Waals surface area contributed by atoms with Crippen LogP contribution in [-0.2, 0) is 0 Å². The molecule has 0 radical (unpaired) electrons. The zero-order valence-corrected chi connectivity index (χ0v) is 13.7. The third-order valence-corrected chi connectivity index (χ3v) is 3.58. The lowest BCUT2D eigenvalue weighted by Gasteiger charge is -2.10. The summed E-state index contributed by atoms with van der Waals surface area (Å²) in [4.78, 5) is 8.61. The van der Waals surface area contributed by atoms with Crippen LogP contribution in [0.25, 0.3) is 0 Å². The summed E-state index contributed by atoms with van der Waals surface area (Å²) in [6.07, 6.45) is 1.65. The number of para-hydroxylation sites is 2. The lowest BCUT2D eigenvalue weighted by atomic mass is 10.3. The lowest BCUT2D eigenvalue weighted by Crippen LogP contribution is -2.02. The molecule has 0 atom stereocenters. The fraction of sp³-hybridized carbons (Fsp3) is 0.0588. The van der Waals surface area contributed by atoms with Crippen LogP contribution in [0.4, 0.5) is 28.8 Å². The Morgan fingerprint density at radius 1 is 1.08 bits per heavy atom. The maximum absolute atomic E-state index is 6.13. The minimum Gasteiger partial charge on any atom is -0.495 e. The van der Waals surface area contributed by atoms with Gasteiger partial charge in [-0.3, -0.25) is 0 Å². The van der Waals surface area contributed by atoms with Crippen molar-refractivity contribution in [1.29, 1.82) is 0 Å². The third-order valence-electron chi connectivity index (χ3n) is 3.29. The van der Waals surface area contributed by atoms with Gasteiger partial charge < -0.3 is 21.1 Å². The minimum absolute atomic E-state index is 0.442. The fourth-order valence-electron chi connectivity index (χ4n) is 2.11. The number of hydrogen-bond acceptors (Lipinski definition) is 6. The van der Waals surface area contributed by atoms with Crippen molar-refractivity contribution < 1.29 is 4.74 Å². The summed E-state index contributed by atoms with van der Waals surface area (Å²) in [6.45, 7) is 0. The number of nitrogens with zero attached hydrogens (tertiary/aromatic N) is 2. The average molecular weight is 342 g/mol. The van der Waals surface area contributed by atoms with Crippen LogP contribution in [0.2, 0.25) is 5.02 Å². The number of methoxy groups -OCH3 is 1. The van der Waals surface area contributed by atoms with Gasteiger partial charge in [-0.2, -0.15) is 4.98 Å². The summed E-state index contributed by atoms with van der Waals surface area (Å²) in [6, 6.07) is 14.6. The number of nitrogens with two attached hydrogens (primary N) is 1. The van der Waals surface area contributed by atoms with E-state index in [1.807, 2.05) is 30.3 Å². The molecule has 0 amide bonds. The molecule has 0 saturated carbocycles. The molecule has 3 aromatic rings. The standard InChI is InChI=1S/C17H16ClN5O/c1-24-15-7-6-11(10-12(15)18)21-16-8-9-20-17(23-16)22-14-5-3-2-4-13(14)19/h2-10H,19H2,1H3,(H2,20,21,22,23). The molecule has 3 rings (SSSR count). The first kappa shape index (κ1) is 15.9. The van der Waals surface area contributed by atoms with Crippen molar-refractivity contribution in [3.05, 3.63) is 59.8 Å². The number of rotatable bonds is 5. The van der Waals surface area contributed by atoms with E-state index in [-0.39, 0.29) is 0 Å². The summed E-state index contributed by atoms with van der Waals surface area (Å²) >= 11 is 6.13. The van der Waals surface area contributed by atoms with Crippen molar-refractivity contribution in [2.45, 2.75) is 0 Å². The Hall–Kier alpha value is -2.99. The van der Waals surface area contributed by atoms with Crippen LogP contribution in [0.15, 0.2) is 54.7 Å². The van der Waals surface area contributed by atoms with Crippen molar-refractivity contribution in [2.24, 2.45) is 0 Å². The van der Waals surface area contributed by atoms with Crippen molar-refractivity contribution in [3.8, 4) is 5.75 Å². The Morgan fingerprint density at radius 2 is 1.92 bits per heavy atom. The van der Waals surface area contributed by atoms with Gasteiger partial charge in [-0.25, -0.2) is 4.98 Å². The number of halogens is 1. The number of hydrogen-bond donors (Lipinski definition) is 3. The average Bonchev–Trinajstić information content (AvgIpc) is 2.58. The second-order valence-corrected chi connectivity index (χ2v) is 5.36. The molecule has 0 bridgehead atoms. The van der Waals surface area contributed by atoms with Crippen LogP contribution < -0.4 is 21.1 Å². The Morgan fingerprint density at radius 3 is 2.67 bits per heavy atom. The first-order valence-electron chi connectivity index (χ1n) is 7.21. The zero-order chi connectivity index (χ0) is 16.9. The van der Waals surface area contributed by atoms with Crippen LogP contribution in [0.5, 0.6) is 5.75 Å². The number of benzene rings is 2. The summed E-state index contributed by atoms with van der Waals surface area (Å²) in [5.41, 5.74) is 8.09. The molecule has 7 heteroatoms. The molecule has 0 aliphatic carbocycles. The molecule has 1 aromatic heterocycles. The van der Waals surface area contributed by atoms with Gasteiger partial charge in [0.1, 0.15) is 11.6 Å². The Kier molecular flexibility index (Phi) is 4.67. The molecule has 0 spiro atoms. The number of ether oxygens (including phenoxy) is 1. The highest BCUT2D eigenvalue weighted by Crippen LogP contribution is 2.28. The van der Waals surface area contributed by atoms with Gasteiger partial charge in [0.05, 0.1) is 23.5 Å². The molecule has 0 aliphatic heterocycles. The van der Waals surface area contributed by atoms with E-state index in [4.69, 9.17) is 22.1 Å². The van der Waals surface area contributed by atoms with Gasteiger partial charge >= 0.3 is 0 Å². The molecule has 0 saturated heterocycles. The largest absolute Gasteiger partial charge is 0.495 e. The van der Waals surface area contributed by atoms with Gasteiger partial charge in [0.15, 0.2) is 0 Å². The summed E-state index contributed by atoms with van der Waals surface area (Å²) in [5.74, 6) is 1.69. The normalized spacial score (nSPS) is 10.2. The van der Waals surface area contributed by atoms with Gasteiger partial charge in [-0.1, -0.05) is 23.7 Å². The first-order chi connectivity index (χ1) is 11.7. The number of aromatic nitrogens is 2. The predicted octanol–water partition coefficient (Wildman–Crippen LogP) is 4.21. The maximum Gasteiger partial charge on any atom is 0.229 e. The summed E-state index contributed by atoms with van der Waals surface area (Å²) in [5, 5.41) is 6.79. The Bertz CT molecular complexity index is 856. The monoisotopic (exact) mass is 341 g/mol. The van der Waals surface area contributed by atoms with E-state index in [0.717, 1.165) is 11.4 Å². The smallest absolute Gasteiger partial charge is 0.229 e. The molecule has 6 nitrogen and oxygen atoms in total. The van der Waals surface area contributed by atoms with Crippen molar-refractivity contribution in [3.63, 3.8) is 0 Å². The summed E-state index contributed by atoms with van der Waals surface area (Å²) in [7, 11) is 1.58. The predicted molar refractivity (Wildman–Crippen MR) is 97.5 cm³/mol. The van der Waals surface area contributed by atoms with Crippen molar-refractivity contribution >= 4 is 40.4 Å². The quantitative estimate of drug-likeness (QED) is 0.603. The Balaban J connectivity index is 1.78. The van der Waals surface area contributed by atoms with Crippen molar-refractivity contribution in [2.75, 3.05) is 23.5 Å². The fourth-order valence-corrected chi connectivity index (χ4v) is 2.37. The van der Waals surface area contributed by atoms with E-state index in [1.54, 1.807) is 31.5 Å². The summed E-state index contributed by atoms with van der Waals surface area (Å²) < 4.78 is 5.14. The number of nitrogen functional groups attached to an aromatic ring is 1. The maximum atomic E-state index is 6.13. The van der Waals surface area contributed by atoms with Crippen molar-refractivity contribution in [1.82, 2.24) is 9.97 Å².